The highest BCUT2D eigenvalue weighted by atomic mass is 32.2. The number of ketones is 1. The van der Waals surface area contributed by atoms with Crippen LogP contribution in [0.5, 0.6) is 0 Å². The van der Waals surface area contributed by atoms with Crippen LogP contribution in [-0.2, 0) is 6.42 Å². The lowest BCUT2D eigenvalue weighted by Crippen LogP contribution is -2.07. The molecule has 0 fully saturated rings. The third-order valence-corrected chi connectivity index (χ3v) is 7.73. The molecule has 5 aromatic rings. The number of pyridine rings is 1. The van der Waals surface area contributed by atoms with Gasteiger partial charge in [-0.2, -0.15) is 0 Å². The molecule has 6 heteroatoms. The van der Waals surface area contributed by atoms with Gasteiger partial charge in [-0.15, -0.1) is 10.2 Å². The minimum absolute atomic E-state index is 0.0757. The van der Waals surface area contributed by atoms with E-state index in [2.05, 4.69) is 82.1 Å². The Labute approximate surface area is 220 Å². The smallest absolute Gasteiger partial charge is 0.196 e. The van der Waals surface area contributed by atoms with E-state index in [9.17, 15) is 4.79 Å². The van der Waals surface area contributed by atoms with Gasteiger partial charge in [-0.3, -0.25) is 14.3 Å². The van der Waals surface area contributed by atoms with Crippen molar-refractivity contribution in [3.05, 3.63) is 114 Å². The van der Waals surface area contributed by atoms with Gasteiger partial charge in [0.05, 0.1) is 11.4 Å². The molecule has 0 aliphatic heterocycles. The van der Waals surface area contributed by atoms with Crippen molar-refractivity contribution >= 4 is 17.5 Å². The predicted molar refractivity (Wildman–Crippen MR) is 148 cm³/mol. The average molecular weight is 503 g/mol. The fraction of sp³-hybridized carbons (Fsp3) is 0.161. The molecule has 1 aliphatic carbocycles. The monoisotopic (exact) mass is 502 g/mol. The van der Waals surface area contributed by atoms with Gasteiger partial charge >= 0.3 is 0 Å². The second-order valence-corrected chi connectivity index (χ2v) is 10.5. The van der Waals surface area contributed by atoms with Crippen molar-refractivity contribution in [3.63, 3.8) is 0 Å². The van der Waals surface area contributed by atoms with Gasteiger partial charge in [0.1, 0.15) is 0 Å². The van der Waals surface area contributed by atoms with Crippen LogP contribution in [-0.4, -0.2) is 31.3 Å². The zero-order valence-corrected chi connectivity index (χ0v) is 21.6. The molecule has 182 valence electrons. The van der Waals surface area contributed by atoms with Crippen molar-refractivity contribution < 1.29 is 4.79 Å². The highest BCUT2D eigenvalue weighted by molar-refractivity contribution is 7.99. The largest absolute Gasteiger partial charge is 0.293 e. The first-order valence-electron chi connectivity index (χ1n) is 12.4. The first-order valence-corrected chi connectivity index (χ1v) is 13.4. The van der Waals surface area contributed by atoms with Gasteiger partial charge in [0.15, 0.2) is 16.8 Å². The molecule has 37 heavy (non-hydrogen) atoms. The molecule has 0 N–H and O–H groups in total. The van der Waals surface area contributed by atoms with Crippen molar-refractivity contribution in [1.29, 1.82) is 0 Å². The van der Waals surface area contributed by atoms with Gasteiger partial charge in [-0.05, 0) is 64.4 Å². The molecule has 0 saturated carbocycles. The van der Waals surface area contributed by atoms with E-state index in [1.165, 1.54) is 39.6 Å². The number of para-hydroxylation sites is 1. The Balaban J connectivity index is 1.33. The minimum Gasteiger partial charge on any atom is -0.293 e. The maximum atomic E-state index is 13.3. The van der Waals surface area contributed by atoms with Crippen molar-refractivity contribution in [2.75, 3.05) is 5.75 Å². The molecule has 0 unspecified atom stereocenters. The van der Waals surface area contributed by atoms with E-state index in [1.807, 2.05) is 30.3 Å². The lowest BCUT2D eigenvalue weighted by molar-refractivity contribution is 0.102. The number of rotatable bonds is 7. The number of Topliss-reactive ketones (excluding diaryl/α,β-unsaturated/α-hetero) is 1. The molecule has 0 bridgehead atoms. The summed E-state index contributed by atoms with van der Waals surface area (Å²) in [6.07, 6.45) is 4.46. The second kappa shape index (κ2) is 9.79. The quantitative estimate of drug-likeness (QED) is 0.174. The molecule has 6 rings (SSSR count). The molecule has 5 nitrogen and oxygen atoms in total. The Bertz CT molecular complexity index is 1610. The fourth-order valence-corrected chi connectivity index (χ4v) is 5.79. The van der Waals surface area contributed by atoms with Crippen molar-refractivity contribution in [3.8, 4) is 28.2 Å². The Morgan fingerprint density at radius 1 is 0.919 bits per heavy atom. The predicted octanol–water partition coefficient (Wildman–Crippen LogP) is 7.00. The third-order valence-electron chi connectivity index (χ3n) is 6.81. The molecular weight excluding hydrogens is 476 g/mol. The summed E-state index contributed by atoms with van der Waals surface area (Å²) < 4.78 is 2.06. The molecule has 0 amide bonds. The molecule has 2 aromatic heterocycles. The van der Waals surface area contributed by atoms with E-state index in [-0.39, 0.29) is 11.5 Å². The summed E-state index contributed by atoms with van der Waals surface area (Å²) in [5, 5.41) is 9.73. The van der Waals surface area contributed by atoms with Crippen LogP contribution in [0.2, 0.25) is 0 Å². The Morgan fingerprint density at radius 3 is 2.57 bits per heavy atom. The van der Waals surface area contributed by atoms with Crippen LogP contribution in [0.4, 0.5) is 0 Å². The average Bonchev–Trinajstić information content (AvgIpc) is 3.53. The summed E-state index contributed by atoms with van der Waals surface area (Å²) >= 11 is 1.42. The van der Waals surface area contributed by atoms with Gasteiger partial charge in [0, 0.05) is 23.5 Å². The third kappa shape index (κ3) is 4.38. The minimum atomic E-state index is 0.0757. The van der Waals surface area contributed by atoms with Crippen LogP contribution in [0.1, 0.15) is 46.8 Å². The number of fused-ring (bicyclic) bond motifs is 3. The zero-order valence-electron chi connectivity index (χ0n) is 20.8. The highest BCUT2D eigenvalue weighted by Crippen LogP contribution is 2.37. The Hall–Kier alpha value is -4.03. The molecule has 0 saturated heterocycles. The van der Waals surface area contributed by atoms with Gasteiger partial charge in [0.2, 0.25) is 0 Å². The van der Waals surface area contributed by atoms with Gasteiger partial charge in [-0.1, -0.05) is 80.2 Å². The van der Waals surface area contributed by atoms with Gasteiger partial charge < -0.3 is 0 Å². The summed E-state index contributed by atoms with van der Waals surface area (Å²) in [4.78, 5) is 17.6. The van der Waals surface area contributed by atoms with Crippen LogP contribution >= 0.6 is 11.8 Å². The van der Waals surface area contributed by atoms with Crippen molar-refractivity contribution in [2.24, 2.45) is 0 Å². The van der Waals surface area contributed by atoms with Crippen molar-refractivity contribution in [2.45, 2.75) is 31.3 Å². The fourth-order valence-electron chi connectivity index (χ4n) is 4.95. The number of carbonyl (C=O) groups is 1. The Kier molecular flexibility index (Phi) is 6.18. The first kappa shape index (κ1) is 23.4. The summed E-state index contributed by atoms with van der Waals surface area (Å²) in [7, 11) is 0. The number of nitrogens with zero attached hydrogens (tertiary/aromatic N) is 4. The van der Waals surface area contributed by atoms with E-state index in [0.717, 1.165) is 23.2 Å². The number of thioether (sulfide) groups is 1. The van der Waals surface area contributed by atoms with Crippen molar-refractivity contribution in [1.82, 2.24) is 19.7 Å². The van der Waals surface area contributed by atoms with Crippen LogP contribution in [0.25, 0.3) is 28.2 Å². The number of benzene rings is 3. The lowest BCUT2D eigenvalue weighted by Gasteiger charge is -2.16. The van der Waals surface area contributed by atoms with E-state index in [4.69, 9.17) is 0 Å². The Morgan fingerprint density at radius 2 is 1.73 bits per heavy atom. The molecule has 0 spiro atoms. The first-order chi connectivity index (χ1) is 18.1. The molecule has 0 radical (unpaired) electrons. The standard InChI is InChI=1S/C31H26N4OS/c1-20(2)25-10-5-6-12-28(25)35-30(24-9-7-15-32-18-24)33-34-31(35)37-19-29(36)23-14-13-22-16-21-8-3-4-11-26(21)27(22)17-23/h3-15,17-18,20H,16,19H2,1-2H3. The number of carbonyl (C=O) groups excluding carboxylic acids is 1. The van der Waals surface area contributed by atoms with E-state index in [1.54, 1.807) is 12.4 Å². The summed E-state index contributed by atoms with van der Waals surface area (Å²) in [5.41, 5.74) is 8.80. The second-order valence-electron chi connectivity index (χ2n) is 9.51. The lowest BCUT2D eigenvalue weighted by atomic mass is 10.0. The molecular formula is C31H26N4OS. The SMILES string of the molecule is CC(C)c1ccccc1-n1c(SCC(=O)c2ccc3c(c2)-c2ccccc2C3)nnc1-c1cccnc1. The van der Waals surface area contributed by atoms with Crippen LogP contribution in [0.3, 0.4) is 0 Å². The van der Waals surface area contributed by atoms with E-state index >= 15 is 0 Å². The number of aromatic nitrogens is 4. The molecule has 1 aliphatic rings. The summed E-state index contributed by atoms with van der Waals surface area (Å²) in [5.74, 6) is 1.38. The number of hydrogen-bond acceptors (Lipinski definition) is 5. The van der Waals surface area contributed by atoms with Gasteiger partial charge in [-0.25, -0.2) is 0 Å². The highest BCUT2D eigenvalue weighted by Gasteiger charge is 2.22. The number of hydrogen-bond donors (Lipinski definition) is 0. The normalized spacial score (nSPS) is 12.0. The van der Waals surface area contributed by atoms with Crippen LogP contribution < -0.4 is 0 Å². The van der Waals surface area contributed by atoms with Crippen LogP contribution in [0, 0.1) is 0 Å². The molecule has 0 atom stereocenters. The summed E-state index contributed by atoms with van der Waals surface area (Å²) in [6, 6.07) is 26.7. The topological polar surface area (TPSA) is 60.7 Å². The van der Waals surface area contributed by atoms with Gasteiger partial charge in [0.25, 0.3) is 0 Å². The molecule has 3 aromatic carbocycles. The van der Waals surface area contributed by atoms with Crippen LogP contribution in [0.15, 0.2) is 96.4 Å². The van der Waals surface area contributed by atoms with E-state index < -0.39 is 0 Å². The van der Waals surface area contributed by atoms with E-state index in [0.29, 0.717) is 16.9 Å². The maximum Gasteiger partial charge on any atom is 0.196 e. The molecule has 2 heterocycles. The zero-order chi connectivity index (χ0) is 25.4. The maximum absolute atomic E-state index is 13.3. The summed E-state index contributed by atoms with van der Waals surface area (Å²) in [6.45, 7) is 4.35.